The van der Waals surface area contributed by atoms with Crippen LogP contribution in [0.5, 0.6) is 11.5 Å². The Kier molecular flexibility index (Phi) is 2.84. The number of rotatable bonds is 2. The summed E-state index contributed by atoms with van der Waals surface area (Å²) in [4.78, 5) is 16.6. The summed E-state index contributed by atoms with van der Waals surface area (Å²) in [6, 6.07) is 12.9. The average Bonchev–Trinajstić information content (AvgIpc) is 3.25. The highest BCUT2D eigenvalue weighted by Crippen LogP contribution is 2.32. The Bertz CT molecular complexity index is 1210. The van der Waals surface area contributed by atoms with Crippen molar-refractivity contribution in [1.29, 1.82) is 0 Å². The molecular weight excluding hydrogens is 322 g/mol. The van der Waals surface area contributed by atoms with Gasteiger partial charge in [-0.05, 0) is 35.0 Å². The van der Waals surface area contributed by atoms with Crippen molar-refractivity contribution in [2.45, 2.75) is 0 Å². The van der Waals surface area contributed by atoms with E-state index in [2.05, 4.69) is 20.4 Å². The fourth-order valence-corrected chi connectivity index (χ4v) is 2.80. The Morgan fingerprint density at radius 3 is 3.00 bits per heavy atom. The topological polar surface area (TPSA) is 94.4 Å². The van der Waals surface area contributed by atoms with Gasteiger partial charge in [0.15, 0.2) is 11.5 Å². The zero-order valence-corrected chi connectivity index (χ0v) is 12.8. The first-order valence-electron chi connectivity index (χ1n) is 7.60. The highest BCUT2D eigenvalue weighted by atomic mass is 16.7. The molecule has 0 saturated heterocycles. The van der Waals surface area contributed by atoms with E-state index in [1.54, 1.807) is 12.1 Å². The van der Waals surface area contributed by atoms with Crippen LogP contribution in [0.4, 0.5) is 0 Å². The lowest BCUT2D eigenvalue weighted by atomic mass is 10.2. The van der Waals surface area contributed by atoms with Crippen molar-refractivity contribution in [1.82, 2.24) is 20.1 Å². The fraction of sp³-hybridized carbons (Fsp3) is 0.0588. The average molecular weight is 333 g/mol. The first kappa shape index (κ1) is 13.7. The molecule has 0 fully saturated rings. The lowest BCUT2D eigenvalue weighted by Gasteiger charge is -1.98. The van der Waals surface area contributed by atoms with Crippen LogP contribution in [0, 0.1) is 0 Å². The molecule has 0 aliphatic carbocycles. The molecule has 2 aromatic heterocycles. The minimum Gasteiger partial charge on any atom is -0.454 e. The number of ether oxygens (including phenoxy) is 2. The third kappa shape index (κ3) is 2.15. The van der Waals surface area contributed by atoms with Gasteiger partial charge in [0.05, 0.1) is 6.21 Å². The molecule has 1 N–H and O–H groups in total. The summed E-state index contributed by atoms with van der Waals surface area (Å²) in [6.07, 6.45) is 1.52. The standard InChI is InChI=1S/C17H11N5O3/c23-17-16-15(11-3-1-2-4-12(11)19-16)20-21-22(17)18-8-10-5-6-13-14(7-10)25-9-24-13/h1-8,19H,9H2/b18-8+. The van der Waals surface area contributed by atoms with Gasteiger partial charge in [-0.15, -0.1) is 5.10 Å². The molecule has 25 heavy (non-hydrogen) atoms. The quantitative estimate of drug-likeness (QED) is 0.565. The van der Waals surface area contributed by atoms with Gasteiger partial charge in [0.25, 0.3) is 0 Å². The molecule has 0 radical (unpaired) electrons. The van der Waals surface area contributed by atoms with Crippen molar-refractivity contribution in [3.8, 4) is 11.5 Å². The van der Waals surface area contributed by atoms with E-state index < -0.39 is 0 Å². The molecule has 1 aliphatic rings. The van der Waals surface area contributed by atoms with E-state index in [0.29, 0.717) is 22.5 Å². The van der Waals surface area contributed by atoms with Gasteiger partial charge in [-0.2, -0.15) is 5.10 Å². The summed E-state index contributed by atoms with van der Waals surface area (Å²) < 4.78 is 10.6. The predicted octanol–water partition coefficient (Wildman–Crippen LogP) is 1.88. The summed E-state index contributed by atoms with van der Waals surface area (Å²) in [7, 11) is 0. The molecule has 2 aromatic carbocycles. The second-order valence-electron chi connectivity index (χ2n) is 5.54. The van der Waals surface area contributed by atoms with Crippen LogP contribution in [-0.2, 0) is 0 Å². The third-order valence-electron chi connectivity index (χ3n) is 4.02. The lowest BCUT2D eigenvalue weighted by Crippen LogP contribution is -2.20. The van der Waals surface area contributed by atoms with E-state index >= 15 is 0 Å². The highest BCUT2D eigenvalue weighted by Gasteiger charge is 2.13. The number of aromatic nitrogens is 4. The Morgan fingerprint density at radius 1 is 1.16 bits per heavy atom. The Labute approximate surface area is 140 Å². The number of para-hydroxylation sites is 1. The number of aromatic amines is 1. The van der Waals surface area contributed by atoms with Crippen molar-refractivity contribution >= 4 is 28.2 Å². The number of nitrogens with zero attached hydrogens (tertiary/aromatic N) is 4. The van der Waals surface area contributed by atoms with Gasteiger partial charge < -0.3 is 14.5 Å². The fourth-order valence-electron chi connectivity index (χ4n) is 2.80. The summed E-state index contributed by atoms with van der Waals surface area (Å²) in [5, 5.41) is 13.0. The molecule has 0 amide bonds. The normalized spacial score (nSPS) is 13.3. The van der Waals surface area contributed by atoms with Crippen LogP contribution in [0.15, 0.2) is 52.4 Å². The van der Waals surface area contributed by atoms with E-state index in [1.807, 2.05) is 30.3 Å². The first-order chi connectivity index (χ1) is 12.3. The number of fused-ring (bicyclic) bond motifs is 4. The number of hydrogen-bond donors (Lipinski definition) is 1. The lowest BCUT2D eigenvalue weighted by molar-refractivity contribution is 0.174. The molecule has 122 valence electrons. The summed E-state index contributed by atoms with van der Waals surface area (Å²) in [5.41, 5.74) is 2.14. The van der Waals surface area contributed by atoms with Crippen molar-refractivity contribution < 1.29 is 9.47 Å². The molecule has 1 aliphatic heterocycles. The number of nitrogens with one attached hydrogen (secondary N) is 1. The van der Waals surface area contributed by atoms with E-state index in [1.165, 1.54) is 6.21 Å². The van der Waals surface area contributed by atoms with E-state index in [-0.39, 0.29) is 12.4 Å². The maximum absolute atomic E-state index is 12.6. The molecule has 3 heterocycles. The van der Waals surface area contributed by atoms with Crippen LogP contribution < -0.4 is 15.0 Å². The maximum Gasteiger partial charge on any atom is 0.315 e. The molecule has 0 unspecified atom stereocenters. The molecule has 0 spiro atoms. The van der Waals surface area contributed by atoms with Crippen LogP contribution in [0.1, 0.15) is 5.56 Å². The summed E-state index contributed by atoms with van der Waals surface area (Å²) in [6.45, 7) is 0.206. The predicted molar refractivity (Wildman–Crippen MR) is 91.2 cm³/mol. The number of benzene rings is 2. The zero-order chi connectivity index (χ0) is 16.8. The Morgan fingerprint density at radius 2 is 2.04 bits per heavy atom. The maximum atomic E-state index is 12.6. The van der Waals surface area contributed by atoms with E-state index in [0.717, 1.165) is 21.3 Å². The van der Waals surface area contributed by atoms with Crippen molar-refractivity contribution in [2.24, 2.45) is 5.10 Å². The van der Waals surface area contributed by atoms with Crippen molar-refractivity contribution in [3.63, 3.8) is 0 Å². The van der Waals surface area contributed by atoms with Crippen LogP contribution in [0.2, 0.25) is 0 Å². The van der Waals surface area contributed by atoms with E-state index in [9.17, 15) is 4.79 Å². The highest BCUT2D eigenvalue weighted by molar-refractivity contribution is 6.04. The second-order valence-corrected chi connectivity index (χ2v) is 5.54. The zero-order valence-electron chi connectivity index (χ0n) is 12.8. The minimum absolute atomic E-state index is 0.206. The van der Waals surface area contributed by atoms with Crippen LogP contribution >= 0.6 is 0 Å². The van der Waals surface area contributed by atoms with Gasteiger partial charge in [0.2, 0.25) is 6.79 Å². The summed E-state index contributed by atoms with van der Waals surface area (Å²) in [5.74, 6) is 1.34. The molecule has 4 aromatic rings. The van der Waals surface area contributed by atoms with Gasteiger partial charge >= 0.3 is 5.56 Å². The van der Waals surface area contributed by atoms with Crippen LogP contribution in [-0.4, -0.2) is 33.1 Å². The smallest absolute Gasteiger partial charge is 0.315 e. The van der Waals surface area contributed by atoms with E-state index in [4.69, 9.17) is 9.47 Å². The van der Waals surface area contributed by atoms with Gasteiger partial charge in [-0.3, -0.25) is 4.79 Å². The monoisotopic (exact) mass is 333 g/mol. The van der Waals surface area contributed by atoms with Gasteiger partial charge in [-0.25, -0.2) is 0 Å². The SMILES string of the molecule is O=c1c2[nH]c3ccccc3c2nnn1/N=C/c1ccc2c(c1)OCO2. The number of H-pyrrole nitrogens is 1. The van der Waals surface area contributed by atoms with Crippen LogP contribution in [0.25, 0.3) is 21.9 Å². The van der Waals surface area contributed by atoms with Gasteiger partial charge in [0, 0.05) is 10.9 Å². The molecule has 0 bridgehead atoms. The largest absolute Gasteiger partial charge is 0.454 e. The molecule has 8 heteroatoms. The molecule has 0 saturated carbocycles. The van der Waals surface area contributed by atoms with Gasteiger partial charge in [-0.1, -0.05) is 23.0 Å². The molecule has 0 atom stereocenters. The Balaban J connectivity index is 1.58. The van der Waals surface area contributed by atoms with Gasteiger partial charge in [0.1, 0.15) is 11.0 Å². The molecular formula is C17H11N5O3. The minimum atomic E-state index is -0.363. The third-order valence-corrected chi connectivity index (χ3v) is 4.02. The second kappa shape index (κ2) is 5.17. The van der Waals surface area contributed by atoms with Crippen molar-refractivity contribution in [3.05, 3.63) is 58.4 Å². The van der Waals surface area contributed by atoms with Crippen LogP contribution in [0.3, 0.4) is 0 Å². The van der Waals surface area contributed by atoms with Crippen molar-refractivity contribution in [2.75, 3.05) is 6.79 Å². The number of hydrogen-bond acceptors (Lipinski definition) is 6. The summed E-state index contributed by atoms with van der Waals surface area (Å²) >= 11 is 0. The molecule has 5 rings (SSSR count). The molecule has 8 nitrogen and oxygen atoms in total. The first-order valence-corrected chi connectivity index (χ1v) is 7.60. The Hall–Kier alpha value is -3.68.